The minimum atomic E-state index is -0.647. The van der Waals surface area contributed by atoms with Gasteiger partial charge in [-0.05, 0) is 31.6 Å². The van der Waals surface area contributed by atoms with Crippen LogP contribution in [0.5, 0.6) is 0 Å². The number of aliphatic hydroxyl groups is 1. The molecule has 18 heavy (non-hydrogen) atoms. The molecule has 3 fully saturated rings. The van der Waals surface area contributed by atoms with Crippen LogP contribution in [0, 0.1) is 22.7 Å². The first-order valence-electron chi connectivity index (χ1n) is 6.71. The first-order chi connectivity index (χ1) is 8.63. The summed E-state index contributed by atoms with van der Waals surface area (Å²) in [5, 5.41) is 18.6. The number of rotatable bonds is 3. The van der Waals surface area contributed by atoms with E-state index in [4.69, 9.17) is 11.0 Å². The van der Waals surface area contributed by atoms with Gasteiger partial charge in [0.25, 0.3) is 0 Å². The van der Waals surface area contributed by atoms with Gasteiger partial charge in [-0.3, -0.25) is 4.79 Å². The van der Waals surface area contributed by atoms with Gasteiger partial charge >= 0.3 is 0 Å². The van der Waals surface area contributed by atoms with Crippen molar-refractivity contribution < 1.29 is 9.90 Å². The zero-order valence-electron chi connectivity index (χ0n) is 10.4. The van der Waals surface area contributed by atoms with Crippen molar-refractivity contribution in [3.8, 4) is 6.07 Å². The van der Waals surface area contributed by atoms with Gasteiger partial charge in [0.1, 0.15) is 6.04 Å². The van der Waals surface area contributed by atoms with Crippen LogP contribution in [0.1, 0.15) is 32.1 Å². The normalized spacial score (nSPS) is 37.4. The lowest BCUT2D eigenvalue weighted by Gasteiger charge is -2.45. The van der Waals surface area contributed by atoms with Crippen molar-refractivity contribution in [3.05, 3.63) is 0 Å². The Morgan fingerprint density at radius 2 is 2.28 bits per heavy atom. The summed E-state index contributed by atoms with van der Waals surface area (Å²) >= 11 is 0. The molecule has 0 aromatic heterocycles. The van der Waals surface area contributed by atoms with Crippen molar-refractivity contribution in [3.63, 3.8) is 0 Å². The third-order valence-corrected chi connectivity index (χ3v) is 5.10. The molecule has 1 saturated heterocycles. The van der Waals surface area contributed by atoms with Crippen molar-refractivity contribution in [2.45, 2.75) is 50.2 Å². The van der Waals surface area contributed by atoms with E-state index >= 15 is 0 Å². The number of carbonyl (C=O) groups excluding carboxylic acids is 1. The van der Waals surface area contributed by atoms with Gasteiger partial charge < -0.3 is 15.7 Å². The Hall–Kier alpha value is -1.12. The molecule has 5 nitrogen and oxygen atoms in total. The summed E-state index contributed by atoms with van der Waals surface area (Å²) in [6.45, 7) is -0.0287. The summed E-state index contributed by atoms with van der Waals surface area (Å²) in [4.78, 5) is 14.2. The first kappa shape index (κ1) is 11.9. The van der Waals surface area contributed by atoms with Gasteiger partial charge in [-0.15, -0.1) is 0 Å². The van der Waals surface area contributed by atoms with Crippen LogP contribution in [0.2, 0.25) is 0 Å². The van der Waals surface area contributed by atoms with Crippen LogP contribution < -0.4 is 5.73 Å². The van der Waals surface area contributed by atoms with Gasteiger partial charge in [-0.2, -0.15) is 5.26 Å². The topological polar surface area (TPSA) is 90.4 Å². The molecule has 1 heterocycles. The van der Waals surface area contributed by atoms with Gasteiger partial charge in [0.15, 0.2) is 0 Å². The van der Waals surface area contributed by atoms with Crippen LogP contribution >= 0.6 is 0 Å². The summed E-state index contributed by atoms with van der Waals surface area (Å²) in [5.74, 6) is 0.387. The predicted octanol–water partition coefficient (Wildman–Crippen LogP) is -0.0107. The SMILES string of the molecule is N#CC1CC2CC2N1C(=O)[C@@H](N)C1(CO)CCC1. The Labute approximate surface area is 107 Å². The van der Waals surface area contributed by atoms with Gasteiger partial charge in [0, 0.05) is 11.5 Å². The fraction of sp³-hybridized carbons (Fsp3) is 0.846. The average Bonchev–Trinajstić information content (AvgIpc) is 2.99. The highest BCUT2D eigenvalue weighted by molar-refractivity contribution is 5.84. The van der Waals surface area contributed by atoms with Crippen molar-refractivity contribution >= 4 is 5.91 Å². The number of nitrogens with zero attached hydrogens (tertiary/aromatic N) is 2. The summed E-state index contributed by atoms with van der Waals surface area (Å²) in [5.41, 5.74) is 5.66. The van der Waals surface area contributed by atoms with Crippen LogP contribution in [-0.2, 0) is 4.79 Å². The van der Waals surface area contributed by atoms with E-state index in [0.717, 1.165) is 32.1 Å². The summed E-state index contributed by atoms with van der Waals surface area (Å²) in [6.07, 6.45) is 4.47. The van der Waals surface area contributed by atoms with E-state index in [2.05, 4.69) is 6.07 Å². The third-order valence-electron chi connectivity index (χ3n) is 5.10. The zero-order chi connectivity index (χ0) is 12.9. The number of piperidine rings is 1. The van der Waals surface area contributed by atoms with E-state index in [1.54, 1.807) is 4.90 Å². The van der Waals surface area contributed by atoms with Gasteiger partial charge in [-0.1, -0.05) is 6.42 Å². The van der Waals surface area contributed by atoms with Crippen molar-refractivity contribution in [2.24, 2.45) is 17.1 Å². The lowest BCUT2D eigenvalue weighted by molar-refractivity contribution is -0.140. The van der Waals surface area contributed by atoms with Crippen molar-refractivity contribution in [1.82, 2.24) is 4.90 Å². The highest BCUT2D eigenvalue weighted by Gasteiger charge is 2.57. The number of likely N-dealkylation sites (tertiary alicyclic amines) is 1. The van der Waals surface area contributed by atoms with Gasteiger partial charge in [0.2, 0.25) is 5.91 Å². The summed E-state index contributed by atoms with van der Waals surface area (Å²) in [6, 6.07) is 1.49. The van der Waals surface area contributed by atoms with E-state index in [1.807, 2.05) is 0 Å². The van der Waals surface area contributed by atoms with E-state index in [0.29, 0.717) is 5.92 Å². The van der Waals surface area contributed by atoms with Crippen LogP contribution in [0.3, 0.4) is 0 Å². The second kappa shape index (κ2) is 3.94. The quantitative estimate of drug-likeness (QED) is 0.736. The fourth-order valence-corrected chi connectivity index (χ4v) is 3.51. The molecule has 4 atom stereocenters. The molecule has 2 saturated carbocycles. The molecule has 1 amide bonds. The third kappa shape index (κ3) is 1.49. The number of hydrogen-bond acceptors (Lipinski definition) is 4. The lowest BCUT2D eigenvalue weighted by Crippen LogP contribution is -2.59. The number of fused-ring (bicyclic) bond motifs is 1. The molecule has 1 aliphatic heterocycles. The van der Waals surface area contributed by atoms with Crippen LogP contribution in [-0.4, -0.2) is 40.6 Å². The summed E-state index contributed by atoms with van der Waals surface area (Å²) < 4.78 is 0. The standard InChI is InChI=1S/C13H19N3O2/c14-6-9-4-8-5-10(8)16(9)12(18)11(15)13(7-17)2-1-3-13/h8-11,17H,1-5,7,15H2/t8?,9?,10?,11-/m1/s1. The molecule has 3 unspecified atom stereocenters. The molecule has 0 spiro atoms. The minimum Gasteiger partial charge on any atom is -0.396 e. The molecular weight excluding hydrogens is 230 g/mol. The number of hydrogen-bond donors (Lipinski definition) is 2. The smallest absolute Gasteiger partial charge is 0.241 e. The highest BCUT2D eigenvalue weighted by atomic mass is 16.3. The Balaban J connectivity index is 1.76. The molecular formula is C13H19N3O2. The van der Waals surface area contributed by atoms with Crippen LogP contribution in [0.4, 0.5) is 0 Å². The number of nitriles is 1. The monoisotopic (exact) mass is 249 g/mol. The summed E-state index contributed by atoms with van der Waals surface area (Å²) in [7, 11) is 0. The molecule has 0 aromatic carbocycles. The Morgan fingerprint density at radius 3 is 2.78 bits per heavy atom. The molecule has 0 aromatic rings. The second-order valence-corrected chi connectivity index (χ2v) is 6.04. The lowest BCUT2D eigenvalue weighted by atomic mass is 9.64. The predicted molar refractivity (Wildman–Crippen MR) is 64.1 cm³/mol. The minimum absolute atomic E-state index is 0.0287. The average molecular weight is 249 g/mol. The Bertz CT molecular complexity index is 407. The van der Waals surface area contributed by atoms with E-state index < -0.39 is 11.5 Å². The van der Waals surface area contributed by atoms with Crippen LogP contribution in [0.25, 0.3) is 0 Å². The van der Waals surface area contributed by atoms with E-state index in [1.165, 1.54) is 0 Å². The molecule has 2 aliphatic carbocycles. The van der Waals surface area contributed by atoms with Crippen molar-refractivity contribution in [2.75, 3.05) is 6.61 Å². The molecule has 3 aliphatic rings. The molecule has 0 radical (unpaired) electrons. The fourth-order valence-electron chi connectivity index (χ4n) is 3.51. The Morgan fingerprint density at radius 1 is 1.56 bits per heavy atom. The van der Waals surface area contributed by atoms with Crippen LogP contribution in [0.15, 0.2) is 0 Å². The molecule has 3 N–H and O–H groups in total. The molecule has 98 valence electrons. The number of amides is 1. The van der Waals surface area contributed by atoms with E-state index in [9.17, 15) is 9.90 Å². The van der Waals surface area contributed by atoms with E-state index in [-0.39, 0.29) is 24.6 Å². The number of nitrogens with two attached hydrogens (primary N) is 1. The Kier molecular flexibility index (Phi) is 2.61. The zero-order valence-corrected chi connectivity index (χ0v) is 10.4. The molecule has 5 heteroatoms. The second-order valence-electron chi connectivity index (χ2n) is 6.04. The van der Waals surface area contributed by atoms with Crippen molar-refractivity contribution in [1.29, 1.82) is 5.26 Å². The maximum Gasteiger partial charge on any atom is 0.241 e. The first-order valence-corrected chi connectivity index (χ1v) is 6.71. The van der Waals surface area contributed by atoms with Gasteiger partial charge in [0.05, 0.1) is 18.7 Å². The molecule has 0 bridgehead atoms. The maximum atomic E-state index is 12.5. The molecule has 3 rings (SSSR count). The maximum absolute atomic E-state index is 12.5. The largest absolute Gasteiger partial charge is 0.396 e. The number of carbonyl (C=O) groups is 1. The van der Waals surface area contributed by atoms with Gasteiger partial charge in [-0.25, -0.2) is 0 Å². The number of aliphatic hydroxyl groups excluding tert-OH is 1. The highest BCUT2D eigenvalue weighted by Crippen LogP contribution is 2.49.